The summed E-state index contributed by atoms with van der Waals surface area (Å²) in [6, 6.07) is 12.7. The monoisotopic (exact) mass is 751 g/mol. The van der Waals surface area contributed by atoms with Crippen molar-refractivity contribution < 1.29 is 27.5 Å². The van der Waals surface area contributed by atoms with Crippen LogP contribution in [0.4, 0.5) is 0 Å². The van der Waals surface area contributed by atoms with E-state index in [2.05, 4.69) is 44.3 Å². The number of carbonyl (C=O) groups excluding carboxylic acids is 2. The fourth-order valence-corrected chi connectivity index (χ4v) is 10.0. The molecule has 9 rings (SSSR count). The van der Waals surface area contributed by atoms with Gasteiger partial charge >= 0.3 is 0 Å². The van der Waals surface area contributed by atoms with Gasteiger partial charge in [-0.2, -0.15) is 5.10 Å². The van der Waals surface area contributed by atoms with E-state index in [9.17, 15) is 18.0 Å². The Hall–Kier alpha value is -4.42. The van der Waals surface area contributed by atoms with Gasteiger partial charge in [-0.25, -0.2) is 8.42 Å². The average Bonchev–Trinajstić information content (AvgIpc) is 3.92. The first-order chi connectivity index (χ1) is 26.1. The molecule has 5 heterocycles. The number of carbonyl (C=O) groups is 2. The van der Waals surface area contributed by atoms with E-state index in [-0.39, 0.29) is 30.5 Å². The number of allylic oxidation sites excluding steroid dienone is 1. The van der Waals surface area contributed by atoms with E-state index in [4.69, 9.17) is 14.6 Å². The van der Waals surface area contributed by atoms with Crippen LogP contribution in [0.3, 0.4) is 0 Å². The third-order valence-corrected chi connectivity index (χ3v) is 14.3. The highest BCUT2D eigenvalue weighted by Crippen LogP contribution is 2.48. The number of rotatable bonds is 9. The molecule has 0 spiro atoms. The van der Waals surface area contributed by atoms with E-state index in [1.807, 2.05) is 17.0 Å². The summed E-state index contributed by atoms with van der Waals surface area (Å²) in [5.41, 5.74) is 8.81. The van der Waals surface area contributed by atoms with Crippen molar-refractivity contribution in [2.75, 3.05) is 20.3 Å². The van der Waals surface area contributed by atoms with Gasteiger partial charge in [-0.05, 0) is 111 Å². The number of ether oxygens (including phenoxy) is 2. The van der Waals surface area contributed by atoms with Gasteiger partial charge in [-0.1, -0.05) is 31.4 Å². The highest BCUT2D eigenvalue weighted by Gasteiger charge is 2.43. The molecule has 1 N–H and O–H groups in total. The number of hydrogen-bond donors (Lipinski definition) is 1. The molecule has 2 amide bonds. The van der Waals surface area contributed by atoms with Crippen molar-refractivity contribution in [3.05, 3.63) is 70.5 Å². The fraction of sp³-hybridized carbons (Fsp3) is 0.500. The van der Waals surface area contributed by atoms with E-state index in [1.165, 1.54) is 24.8 Å². The minimum atomic E-state index is -3.76. The Bertz CT molecular complexity index is 2290. The number of likely N-dealkylation sites (tertiary alicyclic amines) is 1. The Labute approximate surface area is 316 Å². The van der Waals surface area contributed by atoms with Crippen LogP contribution in [-0.2, 0) is 32.5 Å². The normalized spacial score (nSPS) is 21.5. The summed E-state index contributed by atoms with van der Waals surface area (Å²) in [4.78, 5) is 29.6. The molecule has 2 saturated heterocycles. The molecule has 2 bridgehead atoms. The van der Waals surface area contributed by atoms with E-state index in [0.717, 1.165) is 88.8 Å². The molecule has 2 aromatic carbocycles. The first kappa shape index (κ1) is 35.3. The lowest BCUT2D eigenvalue weighted by Gasteiger charge is -2.30. The van der Waals surface area contributed by atoms with E-state index < -0.39 is 21.2 Å². The summed E-state index contributed by atoms with van der Waals surface area (Å²) in [7, 11) is -2.07. The topological polar surface area (TPSA) is 125 Å². The number of methoxy groups -OCH3 is 1. The Morgan fingerprint density at radius 3 is 2.50 bits per heavy atom. The second kappa shape index (κ2) is 13.7. The maximum atomic E-state index is 14.5. The van der Waals surface area contributed by atoms with Crippen molar-refractivity contribution in [3.63, 3.8) is 0 Å². The minimum absolute atomic E-state index is 0.00696. The van der Waals surface area contributed by atoms with Crippen LogP contribution < -0.4 is 9.46 Å². The van der Waals surface area contributed by atoms with Crippen LogP contribution in [-0.4, -0.2) is 77.1 Å². The number of amides is 2. The van der Waals surface area contributed by atoms with Crippen LogP contribution in [0.5, 0.6) is 5.75 Å². The molecule has 5 aliphatic rings. The van der Waals surface area contributed by atoms with Crippen LogP contribution in [0.1, 0.15) is 116 Å². The molecule has 12 heteroatoms. The molecule has 4 aromatic rings. The molecule has 2 saturated carbocycles. The molecule has 54 heavy (non-hydrogen) atoms. The summed E-state index contributed by atoms with van der Waals surface area (Å²) in [5, 5.41) is 5.38. The second-order valence-corrected chi connectivity index (χ2v) is 18.4. The summed E-state index contributed by atoms with van der Waals surface area (Å²) in [6.07, 6.45) is 13.9. The number of sulfonamides is 1. The molecule has 11 nitrogen and oxygen atoms in total. The summed E-state index contributed by atoms with van der Waals surface area (Å²) in [5.74, 6) is 0.580. The zero-order chi connectivity index (χ0) is 37.3. The maximum absolute atomic E-state index is 14.5. The fourth-order valence-electron chi connectivity index (χ4n) is 9.39. The van der Waals surface area contributed by atoms with Gasteiger partial charge in [0.2, 0.25) is 15.9 Å². The Kier molecular flexibility index (Phi) is 8.96. The number of nitrogens with zero attached hydrogens (tertiary/aromatic N) is 4. The van der Waals surface area contributed by atoms with Crippen LogP contribution in [0.2, 0.25) is 0 Å². The van der Waals surface area contributed by atoms with E-state index >= 15 is 0 Å². The van der Waals surface area contributed by atoms with Crippen molar-refractivity contribution in [1.82, 2.24) is 24.0 Å². The van der Waals surface area contributed by atoms with Gasteiger partial charge < -0.3 is 18.9 Å². The largest absolute Gasteiger partial charge is 0.497 e. The number of fused-ring (bicyclic) bond motifs is 7. The number of hydrogen-bond acceptors (Lipinski definition) is 7. The van der Waals surface area contributed by atoms with Crippen molar-refractivity contribution in [2.45, 2.75) is 114 Å². The standard InChI is InChI=1S/C42H49N5O6S/c1-25(2)54(50,51)44-38(48)17-26-12-14-35-37(16-26)46-22-29(18-28-19-32(52-3)13-15-34(28)41(46)39(35)27-8-5-4-6-9-27)40-36(21-43-47(40)30-10-7-11-30)42(49)45-23-33-20-31(45)24-53-33/h12-16,18-19,21,25,27,30-31,33H,4-11,17,20,22-24H2,1-3H3,(H,44,48)/t31-,33-/m0/s1. The zero-order valence-corrected chi connectivity index (χ0v) is 32.2. The number of aromatic nitrogens is 3. The molecule has 2 aromatic heterocycles. The summed E-state index contributed by atoms with van der Waals surface area (Å²) in [6.45, 7) is 4.78. The van der Waals surface area contributed by atoms with Crippen molar-refractivity contribution in [1.29, 1.82) is 0 Å². The third kappa shape index (κ3) is 6.05. The first-order valence-corrected chi connectivity index (χ1v) is 21.2. The van der Waals surface area contributed by atoms with Gasteiger partial charge in [0.15, 0.2) is 0 Å². The SMILES string of the molecule is COc1ccc2c(c1)C=C(c1c(C(=O)N3C[C@@H]4C[C@H]3CO4)cnn1C1CCC1)Cn1c-2c(C2CCCCC2)c2ccc(CC(=O)NS(=O)(=O)C(C)C)cc21. The summed E-state index contributed by atoms with van der Waals surface area (Å²) >= 11 is 0. The van der Waals surface area contributed by atoms with E-state index in [1.54, 1.807) is 27.2 Å². The lowest BCUT2D eigenvalue weighted by molar-refractivity contribution is -0.118. The van der Waals surface area contributed by atoms with Gasteiger partial charge in [0, 0.05) is 23.0 Å². The average molecular weight is 752 g/mol. The molecule has 3 aliphatic heterocycles. The quantitative estimate of drug-likeness (QED) is 0.198. The Morgan fingerprint density at radius 1 is 1.00 bits per heavy atom. The van der Waals surface area contributed by atoms with Gasteiger partial charge in [0.1, 0.15) is 5.75 Å². The predicted octanol–water partition coefficient (Wildman–Crippen LogP) is 6.85. The molecule has 0 radical (unpaired) electrons. The van der Waals surface area contributed by atoms with Crippen molar-refractivity contribution >= 4 is 44.4 Å². The minimum Gasteiger partial charge on any atom is -0.497 e. The van der Waals surface area contributed by atoms with Crippen LogP contribution in [0.25, 0.3) is 33.8 Å². The molecule has 2 aliphatic carbocycles. The van der Waals surface area contributed by atoms with Crippen molar-refractivity contribution in [2.24, 2.45) is 0 Å². The molecule has 2 atom stereocenters. The van der Waals surface area contributed by atoms with E-state index in [0.29, 0.717) is 31.2 Å². The molecule has 4 fully saturated rings. The Balaban J connectivity index is 1.23. The van der Waals surface area contributed by atoms with Crippen molar-refractivity contribution in [3.8, 4) is 17.0 Å². The van der Waals surface area contributed by atoms with Crippen LogP contribution in [0.15, 0.2) is 42.6 Å². The Morgan fingerprint density at radius 2 is 1.81 bits per heavy atom. The predicted molar refractivity (Wildman–Crippen MR) is 208 cm³/mol. The van der Waals surface area contributed by atoms with Gasteiger partial charge in [-0.15, -0.1) is 0 Å². The molecule has 0 unspecified atom stereocenters. The highest BCUT2D eigenvalue weighted by atomic mass is 32.2. The smallest absolute Gasteiger partial charge is 0.258 e. The van der Waals surface area contributed by atoms with Gasteiger partial charge in [0.05, 0.1) is 73.3 Å². The zero-order valence-electron chi connectivity index (χ0n) is 31.3. The lowest BCUT2D eigenvalue weighted by Crippen LogP contribution is -2.41. The van der Waals surface area contributed by atoms with Crippen LogP contribution in [0, 0.1) is 0 Å². The second-order valence-electron chi connectivity index (χ2n) is 16.2. The molecule has 284 valence electrons. The number of nitrogens with one attached hydrogen (secondary N) is 1. The van der Waals surface area contributed by atoms with Crippen LogP contribution >= 0.6 is 0 Å². The first-order valence-electron chi connectivity index (χ1n) is 19.7. The maximum Gasteiger partial charge on any atom is 0.258 e. The van der Waals surface area contributed by atoms with Gasteiger partial charge in [-0.3, -0.25) is 19.0 Å². The highest BCUT2D eigenvalue weighted by molar-refractivity contribution is 7.90. The van der Waals surface area contributed by atoms with Gasteiger partial charge in [0.25, 0.3) is 5.91 Å². The number of benzene rings is 2. The number of morpholine rings is 1. The molecular weight excluding hydrogens is 703 g/mol. The molecular formula is C42H49N5O6S. The summed E-state index contributed by atoms with van der Waals surface area (Å²) < 4.78 is 43.5. The lowest BCUT2D eigenvalue weighted by atomic mass is 9.81. The third-order valence-electron chi connectivity index (χ3n) is 12.5.